The molecule has 0 saturated carbocycles. The molecular weight excluding hydrogens is 430 g/mol. The Kier molecular flexibility index (Phi) is 7.73. The van der Waals surface area contributed by atoms with Crippen LogP contribution in [0.25, 0.3) is 11.0 Å². The number of carbonyl (C=O) groups is 1. The molecule has 34 heavy (non-hydrogen) atoms. The average Bonchev–Trinajstić information content (AvgIpc) is 3.16. The van der Waals surface area contributed by atoms with Crippen molar-refractivity contribution < 1.29 is 19.0 Å². The van der Waals surface area contributed by atoms with Crippen LogP contribution in [0.3, 0.4) is 0 Å². The quantitative estimate of drug-likeness (QED) is 0.407. The summed E-state index contributed by atoms with van der Waals surface area (Å²) in [4.78, 5) is 19.8. The average molecular weight is 466 g/mol. The molecule has 1 aromatic heterocycles. The van der Waals surface area contributed by atoms with Crippen molar-refractivity contribution in [3.63, 3.8) is 0 Å². The lowest BCUT2D eigenvalue weighted by atomic mass is 10.0. The van der Waals surface area contributed by atoms with Crippen molar-refractivity contribution in [2.75, 3.05) is 32.9 Å². The van der Waals surface area contributed by atoms with Gasteiger partial charge < -0.3 is 18.8 Å². The van der Waals surface area contributed by atoms with E-state index in [2.05, 4.69) is 34.6 Å². The monoisotopic (exact) mass is 465 g/mol. The zero-order valence-electron chi connectivity index (χ0n) is 20.7. The largest absolute Gasteiger partial charge is 0.493 e. The van der Waals surface area contributed by atoms with Gasteiger partial charge in [-0.15, -0.1) is 0 Å². The summed E-state index contributed by atoms with van der Waals surface area (Å²) >= 11 is 0. The summed E-state index contributed by atoms with van der Waals surface area (Å²) in [5.74, 6) is 1.72. The lowest BCUT2D eigenvalue weighted by molar-refractivity contribution is 0.0517. The van der Waals surface area contributed by atoms with E-state index in [0.29, 0.717) is 42.9 Å². The molecule has 0 bridgehead atoms. The van der Waals surface area contributed by atoms with Crippen LogP contribution in [0.5, 0.6) is 11.5 Å². The standard InChI is InChI=1S/C27H35N3O4/c1-5-32-24-16-20(17-25(33-6-2)26(24)27(31)34-7-3)18-29-14-12-21(13-15-29)30-19(4)28-22-10-8-9-11-23(22)30/h8-11,16-17,21H,5-7,12-15,18H2,1-4H3. The first-order valence-corrected chi connectivity index (χ1v) is 12.3. The van der Waals surface area contributed by atoms with E-state index >= 15 is 0 Å². The van der Waals surface area contributed by atoms with Crippen molar-refractivity contribution in [2.24, 2.45) is 0 Å². The van der Waals surface area contributed by atoms with Gasteiger partial charge in [0.05, 0.1) is 30.9 Å². The Hall–Kier alpha value is -3.06. The Labute approximate surface area is 201 Å². The summed E-state index contributed by atoms with van der Waals surface area (Å²) in [6, 6.07) is 12.7. The van der Waals surface area contributed by atoms with E-state index in [1.54, 1.807) is 6.92 Å². The number of piperidine rings is 1. The van der Waals surface area contributed by atoms with Crippen LogP contribution in [-0.4, -0.2) is 53.3 Å². The van der Waals surface area contributed by atoms with Gasteiger partial charge in [0.15, 0.2) is 0 Å². The minimum atomic E-state index is -0.412. The van der Waals surface area contributed by atoms with E-state index in [0.717, 1.165) is 49.4 Å². The molecule has 1 aliphatic rings. The highest BCUT2D eigenvalue weighted by molar-refractivity contribution is 5.96. The van der Waals surface area contributed by atoms with Gasteiger partial charge in [-0.2, -0.15) is 0 Å². The van der Waals surface area contributed by atoms with E-state index in [-0.39, 0.29) is 0 Å². The summed E-state index contributed by atoms with van der Waals surface area (Å²) in [5.41, 5.74) is 3.73. The molecule has 4 rings (SSSR count). The fraction of sp³-hybridized carbons (Fsp3) is 0.481. The number of imidazole rings is 1. The second-order valence-electron chi connectivity index (χ2n) is 8.58. The Morgan fingerprint density at radius 2 is 1.65 bits per heavy atom. The molecule has 0 radical (unpaired) electrons. The summed E-state index contributed by atoms with van der Waals surface area (Å²) in [6.07, 6.45) is 2.14. The third-order valence-corrected chi connectivity index (χ3v) is 6.31. The maximum Gasteiger partial charge on any atom is 0.345 e. The molecule has 7 heteroatoms. The third-order valence-electron chi connectivity index (χ3n) is 6.31. The maximum atomic E-state index is 12.6. The minimum absolute atomic E-state index is 0.304. The Morgan fingerprint density at radius 3 is 2.26 bits per heavy atom. The van der Waals surface area contributed by atoms with Gasteiger partial charge in [0, 0.05) is 25.7 Å². The lowest BCUT2D eigenvalue weighted by Gasteiger charge is -2.33. The van der Waals surface area contributed by atoms with Crippen LogP contribution in [0.2, 0.25) is 0 Å². The molecular formula is C27H35N3O4. The number of aryl methyl sites for hydroxylation is 1. The van der Waals surface area contributed by atoms with E-state index in [1.807, 2.05) is 32.0 Å². The molecule has 1 saturated heterocycles. The first kappa shape index (κ1) is 24.1. The third kappa shape index (κ3) is 5.04. The molecule has 0 unspecified atom stereocenters. The Bertz CT molecular complexity index is 1110. The maximum absolute atomic E-state index is 12.6. The molecule has 2 aromatic carbocycles. The fourth-order valence-electron chi connectivity index (χ4n) is 4.90. The van der Waals surface area contributed by atoms with Crippen molar-refractivity contribution in [3.8, 4) is 11.5 Å². The fourth-order valence-corrected chi connectivity index (χ4v) is 4.90. The van der Waals surface area contributed by atoms with Crippen LogP contribution in [0.4, 0.5) is 0 Å². The van der Waals surface area contributed by atoms with Gasteiger partial charge in [-0.05, 0) is 70.4 Å². The second-order valence-corrected chi connectivity index (χ2v) is 8.58. The van der Waals surface area contributed by atoms with E-state index in [4.69, 9.17) is 19.2 Å². The number of likely N-dealkylation sites (tertiary alicyclic amines) is 1. The second kappa shape index (κ2) is 10.9. The number of ether oxygens (including phenoxy) is 3. The van der Waals surface area contributed by atoms with Crippen LogP contribution in [0.1, 0.15) is 61.4 Å². The lowest BCUT2D eigenvalue weighted by Crippen LogP contribution is -2.34. The van der Waals surface area contributed by atoms with Crippen molar-refractivity contribution in [3.05, 3.63) is 53.3 Å². The summed E-state index contributed by atoms with van der Waals surface area (Å²) in [5, 5.41) is 0. The highest BCUT2D eigenvalue weighted by Crippen LogP contribution is 2.34. The summed E-state index contributed by atoms with van der Waals surface area (Å²) in [7, 11) is 0. The van der Waals surface area contributed by atoms with Crippen LogP contribution >= 0.6 is 0 Å². The number of para-hydroxylation sites is 2. The topological polar surface area (TPSA) is 65.8 Å². The number of fused-ring (bicyclic) bond motifs is 1. The first-order valence-electron chi connectivity index (χ1n) is 12.3. The number of carbonyl (C=O) groups excluding carboxylic acids is 1. The summed E-state index contributed by atoms with van der Waals surface area (Å²) < 4.78 is 19.3. The number of hydrogen-bond donors (Lipinski definition) is 0. The zero-order valence-corrected chi connectivity index (χ0v) is 20.7. The van der Waals surface area contributed by atoms with Crippen LogP contribution in [0, 0.1) is 6.92 Å². The number of benzene rings is 2. The van der Waals surface area contributed by atoms with Gasteiger partial charge in [-0.25, -0.2) is 9.78 Å². The molecule has 2 heterocycles. The van der Waals surface area contributed by atoms with Crippen molar-refractivity contribution in [1.82, 2.24) is 14.5 Å². The molecule has 7 nitrogen and oxygen atoms in total. The number of hydrogen-bond acceptors (Lipinski definition) is 6. The van der Waals surface area contributed by atoms with Gasteiger partial charge in [-0.3, -0.25) is 4.90 Å². The van der Waals surface area contributed by atoms with Gasteiger partial charge in [0.25, 0.3) is 0 Å². The minimum Gasteiger partial charge on any atom is -0.493 e. The normalized spacial score (nSPS) is 14.9. The molecule has 182 valence electrons. The molecule has 3 aromatic rings. The summed E-state index contributed by atoms with van der Waals surface area (Å²) in [6.45, 7) is 11.7. The SMILES string of the molecule is CCOC(=O)c1c(OCC)cc(CN2CCC(n3c(C)nc4ccccc43)CC2)cc1OCC. The van der Waals surface area contributed by atoms with E-state index in [9.17, 15) is 4.79 Å². The van der Waals surface area contributed by atoms with E-state index < -0.39 is 5.97 Å². The first-order chi connectivity index (χ1) is 16.5. The number of nitrogens with zero attached hydrogens (tertiary/aromatic N) is 3. The molecule has 1 aliphatic heterocycles. The molecule has 0 N–H and O–H groups in total. The molecule has 0 spiro atoms. The molecule has 0 amide bonds. The molecule has 0 atom stereocenters. The van der Waals surface area contributed by atoms with Crippen molar-refractivity contribution in [2.45, 2.75) is 53.1 Å². The number of esters is 1. The van der Waals surface area contributed by atoms with Crippen molar-refractivity contribution >= 4 is 17.0 Å². The predicted octanol–water partition coefficient (Wildman–Crippen LogP) is 5.16. The Balaban J connectivity index is 1.51. The van der Waals surface area contributed by atoms with Crippen LogP contribution in [-0.2, 0) is 11.3 Å². The van der Waals surface area contributed by atoms with Gasteiger partial charge in [-0.1, -0.05) is 12.1 Å². The van der Waals surface area contributed by atoms with Crippen LogP contribution < -0.4 is 9.47 Å². The van der Waals surface area contributed by atoms with Gasteiger partial charge in [0.1, 0.15) is 22.9 Å². The Morgan fingerprint density at radius 1 is 1.00 bits per heavy atom. The predicted molar refractivity (Wildman–Crippen MR) is 133 cm³/mol. The number of aromatic nitrogens is 2. The smallest absolute Gasteiger partial charge is 0.345 e. The van der Waals surface area contributed by atoms with E-state index in [1.165, 1.54) is 5.52 Å². The van der Waals surface area contributed by atoms with Crippen LogP contribution in [0.15, 0.2) is 36.4 Å². The molecule has 1 fully saturated rings. The van der Waals surface area contributed by atoms with Gasteiger partial charge in [0.2, 0.25) is 0 Å². The van der Waals surface area contributed by atoms with Crippen molar-refractivity contribution in [1.29, 1.82) is 0 Å². The number of rotatable bonds is 9. The highest BCUT2D eigenvalue weighted by atomic mass is 16.5. The highest BCUT2D eigenvalue weighted by Gasteiger charge is 2.26. The molecule has 0 aliphatic carbocycles. The van der Waals surface area contributed by atoms with Gasteiger partial charge >= 0.3 is 5.97 Å². The zero-order chi connectivity index (χ0) is 24.1.